The number of halogens is 1. The Kier molecular flexibility index (Phi) is 4.52. The van der Waals surface area contributed by atoms with Gasteiger partial charge in [-0.3, -0.25) is 4.68 Å². The Bertz CT molecular complexity index is 573. The average Bonchev–Trinajstić information content (AvgIpc) is 3.18. The zero-order chi connectivity index (χ0) is 15.4. The molecule has 1 aromatic carbocycles. The van der Waals surface area contributed by atoms with E-state index in [1.54, 1.807) is 24.8 Å². The Morgan fingerprint density at radius 1 is 1.27 bits per heavy atom. The number of hydrogen-bond acceptors (Lipinski definition) is 3. The Hall–Kier alpha value is -1.75. The maximum atomic E-state index is 13.2. The molecule has 0 bridgehead atoms. The van der Waals surface area contributed by atoms with Crippen LogP contribution < -0.4 is 5.32 Å². The zero-order valence-electron chi connectivity index (χ0n) is 13.0. The van der Waals surface area contributed by atoms with Crippen molar-refractivity contribution >= 4 is 0 Å². The predicted octanol–water partition coefficient (Wildman–Crippen LogP) is 2.91. The molecule has 0 spiro atoms. The maximum Gasteiger partial charge on any atom is 0.137 e. The van der Waals surface area contributed by atoms with Gasteiger partial charge in [0.05, 0.1) is 6.54 Å². The fourth-order valence-corrected chi connectivity index (χ4v) is 3.46. The SMILES string of the molecule is C[C@@H](Cn1cncn1)NCC1(c2ccc(F)cc2)CCCC1. The molecule has 22 heavy (non-hydrogen) atoms. The van der Waals surface area contributed by atoms with Crippen LogP contribution in [0.4, 0.5) is 4.39 Å². The first-order valence-electron chi connectivity index (χ1n) is 8.00. The van der Waals surface area contributed by atoms with Crippen molar-refractivity contribution in [3.05, 3.63) is 48.3 Å². The second-order valence-corrected chi connectivity index (χ2v) is 6.39. The quantitative estimate of drug-likeness (QED) is 0.892. The van der Waals surface area contributed by atoms with Crippen molar-refractivity contribution in [3.63, 3.8) is 0 Å². The molecule has 118 valence electrons. The highest BCUT2D eigenvalue weighted by atomic mass is 19.1. The first-order valence-corrected chi connectivity index (χ1v) is 8.00. The van der Waals surface area contributed by atoms with E-state index in [-0.39, 0.29) is 11.2 Å². The summed E-state index contributed by atoms with van der Waals surface area (Å²) >= 11 is 0. The predicted molar refractivity (Wildman–Crippen MR) is 84.0 cm³/mol. The van der Waals surface area contributed by atoms with E-state index in [4.69, 9.17) is 0 Å². The van der Waals surface area contributed by atoms with E-state index in [0.717, 1.165) is 13.1 Å². The standard InChI is InChI=1S/C17H23FN4/c1-14(10-22-13-19-12-21-22)20-11-17(8-2-3-9-17)15-4-6-16(18)7-5-15/h4-7,12-14,20H,2-3,8-11H2,1H3/t14-/m0/s1. The minimum absolute atomic E-state index is 0.143. The maximum absolute atomic E-state index is 13.2. The van der Waals surface area contributed by atoms with Crippen LogP contribution in [0.25, 0.3) is 0 Å². The Labute approximate surface area is 130 Å². The van der Waals surface area contributed by atoms with Crippen molar-refractivity contribution in [2.45, 2.75) is 50.6 Å². The molecular weight excluding hydrogens is 279 g/mol. The van der Waals surface area contributed by atoms with E-state index in [0.29, 0.717) is 6.04 Å². The summed E-state index contributed by atoms with van der Waals surface area (Å²) < 4.78 is 15.0. The Morgan fingerprint density at radius 3 is 2.64 bits per heavy atom. The molecule has 1 saturated carbocycles. The number of rotatable bonds is 6. The van der Waals surface area contributed by atoms with E-state index >= 15 is 0 Å². The van der Waals surface area contributed by atoms with E-state index in [1.807, 2.05) is 16.8 Å². The van der Waals surface area contributed by atoms with Crippen LogP contribution in [0.2, 0.25) is 0 Å². The van der Waals surface area contributed by atoms with Gasteiger partial charge in [0.15, 0.2) is 0 Å². The van der Waals surface area contributed by atoms with Crippen molar-refractivity contribution in [1.82, 2.24) is 20.1 Å². The summed E-state index contributed by atoms with van der Waals surface area (Å²) in [5.41, 5.74) is 1.40. The molecule has 1 aliphatic carbocycles. The number of hydrogen-bond donors (Lipinski definition) is 1. The van der Waals surface area contributed by atoms with Gasteiger partial charge >= 0.3 is 0 Å². The average molecular weight is 302 g/mol. The highest BCUT2D eigenvalue weighted by Crippen LogP contribution is 2.40. The highest BCUT2D eigenvalue weighted by Gasteiger charge is 2.35. The van der Waals surface area contributed by atoms with Gasteiger partial charge in [-0.2, -0.15) is 5.10 Å². The molecule has 0 amide bonds. The van der Waals surface area contributed by atoms with E-state index in [9.17, 15) is 4.39 Å². The van der Waals surface area contributed by atoms with Gasteiger partial charge in [-0.1, -0.05) is 25.0 Å². The molecular formula is C17H23FN4. The van der Waals surface area contributed by atoms with Crippen molar-refractivity contribution in [3.8, 4) is 0 Å². The summed E-state index contributed by atoms with van der Waals surface area (Å²) in [7, 11) is 0. The van der Waals surface area contributed by atoms with Gasteiger partial charge in [-0.05, 0) is 37.5 Å². The van der Waals surface area contributed by atoms with Gasteiger partial charge in [0.2, 0.25) is 0 Å². The van der Waals surface area contributed by atoms with E-state index < -0.39 is 0 Å². The van der Waals surface area contributed by atoms with E-state index in [2.05, 4.69) is 22.3 Å². The van der Waals surface area contributed by atoms with Gasteiger partial charge in [-0.15, -0.1) is 0 Å². The third-order valence-corrected chi connectivity index (χ3v) is 4.73. The lowest BCUT2D eigenvalue weighted by molar-refractivity contribution is 0.357. The minimum atomic E-state index is -0.163. The van der Waals surface area contributed by atoms with Crippen LogP contribution in [0.3, 0.4) is 0 Å². The lowest BCUT2D eigenvalue weighted by Crippen LogP contribution is -2.41. The van der Waals surface area contributed by atoms with Crippen LogP contribution in [0.15, 0.2) is 36.9 Å². The molecule has 1 atom stereocenters. The smallest absolute Gasteiger partial charge is 0.137 e. The van der Waals surface area contributed by atoms with Crippen molar-refractivity contribution in [2.75, 3.05) is 6.54 Å². The van der Waals surface area contributed by atoms with Crippen molar-refractivity contribution < 1.29 is 4.39 Å². The molecule has 5 heteroatoms. The van der Waals surface area contributed by atoms with Crippen LogP contribution in [0, 0.1) is 5.82 Å². The highest BCUT2D eigenvalue weighted by molar-refractivity contribution is 5.27. The summed E-state index contributed by atoms with van der Waals surface area (Å²) in [5.74, 6) is -0.163. The Morgan fingerprint density at radius 2 is 2.00 bits per heavy atom. The molecule has 0 radical (unpaired) electrons. The molecule has 1 heterocycles. The summed E-state index contributed by atoms with van der Waals surface area (Å²) in [4.78, 5) is 3.97. The van der Waals surface area contributed by atoms with Crippen LogP contribution >= 0.6 is 0 Å². The molecule has 1 fully saturated rings. The molecule has 1 aliphatic rings. The second kappa shape index (κ2) is 6.57. The normalized spacial score (nSPS) is 18.5. The molecule has 0 unspecified atom stereocenters. The molecule has 0 aliphatic heterocycles. The van der Waals surface area contributed by atoms with Gasteiger partial charge in [0.25, 0.3) is 0 Å². The van der Waals surface area contributed by atoms with Gasteiger partial charge in [-0.25, -0.2) is 9.37 Å². The molecule has 1 aromatic heterocycles. The number of nitrogens with one attached hydrogen (secondary N) is 1. The van der Waals surface area contributed by atoms with Gasteiger partial charge < -0.3 is 5.32 Å². The fraction of sp³-hybridized carbons (Fsp3) is 0.529. The van der Waals surface area contributed by atoms with Crippen LogP contribution in [0.5, 0.6) is 0 Å². The number of benzene rings is 1. The summed E-state index contributed by atoms with van der Waals surface area (Å²) in [6, 6.07) is 7.37. The van der Waals surface area contributed by atoms with Crippen molar-refractivity contribution in [1.29, 1.82) is 0 Å². The number of aromatic nitrogens is 3. The van der Waals surface area contributed by atoms with Crippen molar-refractivity contribution in [2.24, 2.45) is 0 Å². The summed E-state index contributed by atoms with van der Waals surface area (Å²) in [5, 5.41) is 7.78. The van der Waals surface area contributed by atoms with Gasteiger partial charge in [0, 0.05) is 18.0 Å². The number of nitrogens with zero attached hydrogens (tertiary/aromatic N) is 3. The Balaban J connectivity index is 1.65. The second-order valence-electron chi connectivity index (χ2n) is 6.39. The lowest BCUT2D eigenvalue weighted by Gasteiger charge is -2.31. The first-order chi connectivity index (χ1) is 10.7. The molecule has 2 aromatic rings. The molecule has 3 rings (SSSR count). The first kappa shape index (κ1) is 15.2. The monoisotopic (exact) mass is 302 g/mol. The third-order valence-electron chi connectivity index (χ3n) is 4.73. The van der Waals surface area contributed by atoms with Gasteiger partial charge in [0.1, 0.15) is 18.5 Å². The fourth-order valence-electron chi connectivity index (χ4n) is 3.46. The molecule has 0 saturated heterocycles. The lowest BCUT2D eigenvalue weighted by atomic mass is 9.78. The van der Waals surface area contributed by atoms with Crippen LogP contribution in [0.1, 0.15) is 38.2 Å². The topological polar surface area (TPSA) is 42.7 Å². The molecule has 4 nitrogen and oxygen atoms in total. The molecule has 1 N–H and O–H groups in total. The summed E-state index contributed by atoms with van der Waals surface area (Å²) in [6.07, 6.45) is 8.13. The largest absolute Gasteiger partial charge is 0.312 e. The summed E-state index contributed by atoms with van der Waals surface area (Å²) in [6.45, 7) is 3.89. The van der Waals surface area contributed by atoms with E-state index in [1.165, 1.54) is 31.2 Å². The zero-order valence-corrected chi connectivity index (χ0v) is 13.0. The minimum Gasteiger partial charge on any atom is -0.312 e. The van der Waals surface area contributed by atoms with Crippen LogP contribution in [-0.4, -0.2) is 27.4 Å². The van der Waals surface area contributed by atoms with Crippen LogP contribution in [-0.2, 0) is 12.0 Å². The third kappa shape index (κ3) is 3.35.